The van der Waals surface area contributed by atoms with Crippen molar-refractivity contribution in [2.75, 3.05) is 12.3 Å². The highest BCUT2D eigenvalue weighted by atomic mass is 19.1. The average molecular weight is 290 g/mol. The van der Waals surface area contributed by atoms with E-state index in [4.69, 9.17) is 10.5 Å². The number of hydrogen-bond donors (Lipinski definition) is 2. The average Bonchev–Trinajstić information content (AvgIpc) is 2.86. The van der Waals surface area contributed by atoms with Crippen LogP contribution in [0.2, 0.25) is 0 Å². The van der Waals surface area contributed by atoms with Gasteiger partial charge >= 0.3 is 0 Å². The minimum Gasteiger partial charge on any atom is -0.491 e. The third-order valence-electron chi connectivity index (χ3n) is 3.34. The van der Waals surface area contributed by atoms with E-state index in [1.54, 1.807) is 6.07 Å². The van der Waals surface area contributed by atoms with Gasteiger partial charge in [-0.25, -0.2) is 8.78 Å². The number of carbonyl (C=O) groups excluding carboxylic acids is 1. The smallest absolute Gasteiger partial charge is 0.254 e. The molecule has 0 radical (unpaired) electrons. The Labute approximate surface area is 119 Å². The zero-order chi connectivity index (χ0) is 15.0. The number of nitrogen functional groups attached to an aromatic ring is 1. The highest BCUT2D eigenvalue weighted by Gasteiger charge is 2.26. The monoisotopic (exact) mass is 290 g/mol. The molecule has 1 unspecified atom stereocenters. The van der Waals surface area contributed by atoms with Crippen molar-refractivity contribution in [2.45, 2.75) is 6.04 Å². The van der Waals surface area contributed by atoms with Gasteiger partial charge in [0.2, 0.25) is 0 Å². The minimum absolute atomic E-state index is 0.267. The predicted octanol–water partition coefficient (Wildman–Crippen LogP) is 2.41. The van der Waals surface area contributed by atoms with Crippen molar-refractivity contribution >= 4 is 11.6 Å². The summed E-state index contributed by atoms with van der Waals surface area (Å²) in [5.41, 5.74) is 5.62. The number of ether oxygens (including phenoxy) is 1. The molecular weight excluding hydrogens is 278 g/mol. The van der Waals surface area contributed by atoms with Crippen LogP contribution in [0.1, 0.15) is 22.0 Å². The molecule has 4 nitrogen and oxygen atoms in total. The molecule has 3 rings (SSSR count). The quantitative estimate of drug-likeness (QED) is 0.835. The number of hydrogen-bond acceptors (Lipinski definition) is 3. The standard InChI is InChI=1S/C15H12F2N2O2/c16-10-6-11(17)12(18)5-9(10)15(20)19-13-7-21-14-4-2-1-3-8(13)14/h1-6,13H,7,18H2,(H,19,20). The number of anilines is 1. The van der Waals surface area contributed by atoms with Gasteiger partial charge in [0.1, 0.15) is 24.0 Å². The van der Waals surface area contributed by atoms with Crippen LogP contribution in [0.15, 0.2) is 36.4 Å². The summed E-state index contributed by atoms with van der Waals surface area (Å²) in [6.45, 7) is 0.267. The molecule has 0 aromatic heterocycles. The summed E-state index contributed by atoms with van der Waals surface area (Å²) in [6, 6.07) is 8.47. The van der Waals surface area contributed by atoms with E-state index in [0.717, 1.165) is 11.6 Å². The van der Waals surface area contributed by atoms with Crippen LogP contribution in [0.4, 0.5) is 14.5 Å². The highest BCUT2D eigenvalue weighted by molar-refractivity contribution is 5.95. The minimum atomic E-state index is -0.952. The molecule has 0 saturated carbocycles. The van der Waals surface area contributed by atoms with Crippen LogP contribution >= 0.6 is 0 Å². The van der Waals surface area contributed by atoms with Gasteiger partial charge in [-0.1, -0.05) is 18.2 Å². The van der Waals surface area contributed by atoms with Crippen molar-refractivity contribution in [3.8, 4) is 5.75 Å². The lowest BCUT2D eigenvalue weighted by Gasteiger charge is -2.12. The van der Waals surface area contributed by atoms with Crippen LogP contribution in [0, 0.1) is 11.6 Å². The highest BCUT2D eigenvalue weighted by Crippen LogP contribution is 2.32. The first-order chi connectivity index (χ1) is 10.1. The maximum Gasteiger partial charge on any atom is 0.254 e. The molecule has 0 aliphatic carbocycles. The number of para-hydroxylation sites is 1. The number of carbonyl (C=O) groups is 1. The summed E-state index contributed by atoms with van der Waals surface area (Å²) in [5.74, 6) is -1.82. The van der Waals surface area contributed by atoms with Crippen LogP contribution in [0.3, 0.4) is 0 Å². The summed E-state index contributed by atoms with van der Waals surface area (Å²) in [6.07, 6.45) is 0. The first-order valence-corrected chi connectivity index (χ1v) is 6.33. The normalized spacial score (nSPS) is 16.2. The van der Waals surface area contributed by atoms with Crippen molar-refractivity contribution in [3.05, 3.63) is 59.2 Å². The number of halogens is 2. The van der Waals surface area contributed by atoms with Gasteiger partial charge in [-0.05, 0) is 12.1 Å². The predicted molar refractivity (Wildman–Crippen MR) is 72.9 cm³/mol. The number of benzene rings is 2. The van der Waals surface area contributed by atoms with Gasteiger partial charge < -0.3 is 15.8 Å². The van der Waals surface area contributed by atoms with E-state index in [1.165, 1.54) is 0 Å². The molecule has 1 atom stereocenters. The molecule has 0 spiro atoms. The van der Waals surface area contributed by atoms with E-state index in [9.17, 15) is 13.6 Å². The number of nitrogens with two attached hydrogens (primary N) is 1. The molecule has 1 aliphatic rings. The Morgan fingerprint density at radius 2 is 2.00 bits per heavy atom. The molecule has 0 saturated heterocycles. The fourth-order valence-electron chi connectivity index (χ4n) is 2.26. The molecular formula is C15H12F2N2O2. The Bertz CT molecular complexity index is 719. The molecule has 21 heavy (non-hydrogen) atoms. The van der Waals surface area contributed by atoms with Crippen molar-refractivity contribution in [1.29, 1.82) is 0 Å². The number of rotatable bonds is 2. The van der Waals surface area contributed by atoms with Gasteiger partial charge in [0, 0.05) is 11.6 Å². The first-order valence-electron chi connectivity index (χ1n) is 6.33. The van der Waals surface area contributed by atoms with Gasteiger partial charge in [0.25, 0.3) is 5.91 Å². The fraction of sp³-hybridized carbons (Fsp3) is 0.133. The molecule has 3 N–H and O–H groups in total. The lowest BCUT2D eigenvalue weighted by atomic mass is 10.1. The zero-order valence-corrected chi connectivity index (χ0v) is 10.9. The van der Waals surface area contributed by atoms with Crippen LogP contribution < -0.4 is 15.8 Å². The van der Waals surface area contributed by atoms with E-state index in [0.29, 0.717) is 11.8 Å². The van der Waals surface area contributed by atoms with E-state index in [-0.39, 0.29) is 23.9 Å². The van der Waals surface area contributed by atoms with Crippen molar-refractivity contribution in [1.82, 2.24) is 5.32 Å². The lowest BCUT2D eigenvalue weighted by molar-refractivity contribution is 0.0926. The summed E-state index contributed by atoms with van der Waals surface area (Å²) in [5, 5.41) is 2.66. The summed E-state index contributed by atoms with van der Waals surface area (Å²) < 4.78 is 32.2. The Morgan fingerprint density at radius 3 is 2.81 bits per heavy atom. The van der Waals surface area contributed by atoms with Crippen LogP contribution in [0.5, 0.6) is 5.75 Å². The van der Waals surface area contributed by atoms with E-state index >= 15 is 0 Å². The largest absolute Gasteiger partial charge is 0.491 e. The number of amides is 1. The van der Waals surface area contributed by atoms with Gasteiger partial charge in [-0.2, -0.15) is 0 Å². The fourth-order valence-corrected chi connectivity index (χ4v) is 2.26. The van der Waals surface area contributed by atoms with Crippen LogP contribution in [-0.2, 0) is 0 Å². The van der Waals surface area contributed by atoms with Gasteiger partial charge in [-0.3, -0.25) is 4.79 Å². The summed E-state index contributed by atoms with van der Waals surface area (Å²) in [7, 11) is 0. The van der Waals surface area contributed by atoms with E-state index in [2.05, 4.69) is 5.32 Å². The third kappa shape index (κ3) is 2.40. The molecule has 1 amide bonds. The lowest BCUT2D eigenvalue weighted by Crippen LogP contribution is -2.30. The molecule has 108 valence electrons. The van der Waals surface area contributed by atoms with E-state index < -0.39 is 17.5 Å². The number of fused-ring (bicyclic) bond motifs is 1. The molecule has 6 heteroatoms. The first kappa shape index (κ1) is 13.4. The second kappa shape index (κ2) is 5.05. The third-order valence-corrected chi connectivity index (χ3v) is 3.34. The SMILES string of the molecule is Nc1cc(C(=O)NC2COc3ccccc32)c(F)cc1F. The van der Waals surface area contributed by atoms with Gasteiger partial charge in [0.15, 0.2) is 0 Å². The van der Waals surface area contributed by atoms with Crippen LogP contribution in [0.25, 0.3) is 0 Å². The Kier molecular flexibility index (Phi) is 3.21. The van der Waals surface area contributed by atoms with Crippen molar-refractivity contribution in [3.63, 3.8) is 0 Å². The van der Waals surface area contributed by atoms with Gasteiger partial charge in [0.05, 0.1) is 17.3 Å². The molecule has 2 aromatic rings. The summed E-state index contributed by atoms with van der Waals surface area (Å²) in [4.78, 5) is 12.1. The molecule has 0 bridgehead atoms. The second-order valence-electron chi connectivity index (χ2n) is 4.73. The Balaban J connectivity index is 1.84. The summed E-state index contributed by atoms with van der Waals surface area (Å²) >= 11 is 0. The molecule has 1 heterocycles. The topological polar surface area (TPSA) is 64.4 Å². The van der Waals surface area contributed by atoms with Crippen molar-refractivity contribution < 1.29 is 18.3 Å². The molecule has 0 fully saturated rings. The maximum atomic E-state index is 13.7. The van der Waals surface area contributed by atoms with Crippen LogP contribution in [-0.4, -0.2) is 12.5 Å². The van der Waals surface area contributed by atoms with E-state index in [1.807, 2.05) is 18.2 Å². The number of nitrogens with one attached hydrogen (secondary N) is 1. The van der Waals surface area contributed by atoms with Gasteiger partial charge in [-0.15, -0.1) is 0 Å². The molecule has 1 aliphatic heterocycles. The Morgan fingerprint density at radius 1 is 1.24 bits per heavy atom. The maximum absolute atomic E-state index is 13.7. The Hall–Kier alpha value is -2.63. The second-order valence-corrected chi connectivity index (χ2v) is 4.73. The van der Waals surface area contributed by atoms with Crippen molar-refractivity contribution in [2.24, 2.45) is 0 Å². The zero-order valence-electron chi connectivity index (χ0n) is 10.9. The molecule has 2 aromatic carbocycles.